The summed E-state index contributed by atoms with van der Waals surface area (Å²) in [6.07, 6.45) is -3.04. The molecule has 4 rings (SSSR count). The predicted octanol–water partition coefficient (Wildman–Crippen LogP) is 3.43. The van der Waals surface area contributed by atoms with Crippen molar-refractivity contribution in [1.82, 2.24) is 15.0 Å². The highest BCUT2D eigenvalue weighted by Crippen LogP contribution is 2.49. The van der Waals surface area contributed by atoms with Gasteiger partial charge in [0.1, 0.15) is 0 Å². The van der Waals surface area contributed by atoms with E-state index in [0.29, 0.717) is 38.0 Å². The zero-order valence-electron chi connectivity index (χ0n) is 15.3. The van der Waals surface area contributed by atoms with Gasteiger partial charge >= 0.3 is 6.18 Å². The van der Waals surface area contributed by atoms with Crippen LogP contribution in [0.3, 0.4) is 0 Å². The number of hydrogen-bond donors (Lipinski definition) is 0. The van der Waals surface area contributed by atoms with Gasteiger partial charge in [-0.3, -0.25) is 4.79 Å². The number of carbonyl (C=O) groups is 1. The van der Waals surface area contributed by atoms with Crippen LogP contribution in [0, 0.1) is 12.3 Å². The maximum Gasteiger partial charge on any atom is 0.416 e. The predicted molar refractivity (Wildman–Crippen MR) is 91.6 cm³/mol. The van der Waals surface area contributed by atoms with Gasteiger partial charge < -0.3 is 14.2 Å². The molecule has 1 atom stereocenters. The summed E-state index contributed by atoms with van der Waals surface area (Å²) in [5, 5.41) is 3.86. The van der Waals surface area contributed by atoms with Gasteiger partial charge in [0.25, 0.3) is 5.91 Å². The Morgan fingerprint density at radius 3 is 2.68 bits per heavy atom. The third-order valence-corrected chi connectivity index (χ3v) is 5.70. The smallest absolute Gasteiger partial charge is 0.381 e. The normalized spacial score (nSPS) is 22.0. The van der Waals surface area contributed by atoms with Crippen molar-refractivity contribution in [2.45, 2.75) is 31.9 Å². The second-order valence-electron chi connectivity index (χ2n) is 7.47. The molecule has 0 unspecified atom stereocenters. The number of alkyl halides is 3. The van der Waals surface area contributed by atoms with E-state index in [2.05, 4.69) is 10.1 Å². The third kappa shape index (κ3) is 3.39. The molecule has 9 heteroatoms. The van der Waals surface area contributed by atoms with Crippen molar-refractivity contribution in [2.24, 2.45) is 5.41 Å². The van der Waals surface area contributed by atoms with Crippen molar-refractivity contribution in [3.05, 3.63) is 47.1 Å². The van der Waals surface area contributed by atoms with Crippen LogP contribution in [0.1, 0.15) is 46.4 Å². The number of aromatic nitrogens is 2. The number of rotatable bonds is 2. The maximum atomic E-state index is 13.0. The van der Waals surface area contributed by atoms with E-state index in [-0.39, 0.29) is 16.9 Å². The van der Waals surface area contributed by atoms with Crippen LogP contribution in [-0.4, -0.2) is 47.3 Å². The number of halogens is 3. The second-order valence-corrected chi connectivity index (χ2v) is 7.47. The van der Waals surface area contributed by atoms with Gasteiger partial charge in [0.2, 0.25) is 5.89 Å². The standard InChI is InChI=1S/C19H20F3N3O3/c1-12-23-16(28-24-12)15-10-25(11-18(15)5-7-27-8-6-18)17(26)13-3-2-4-14(9-13)19(20,21)22/h2-4,9,15H,5-8,10-11H2,1H3/t15-/m1/s1. The van der Waals surface area contributed by atoms with Crippen LogP contribution in [0.25, 0.3) is 0 Å². The van der Waals surface area contributed by atoms with E-state index in [1.165, 1.54) is 12.1 Å². The first-order valence-electron chi connectivity index (χ1n) is 9.13. The van der Waals surface area contributed by atoms with Crippen LogP contribution < -0.4 is 0 Å². The van der Waals surface area contributed by atoms with E-state index < -0.39 is 17.6 Å². The van der Waals surface area contributed by atoms with Crippen molar-refractivity contribution < 1.29 is 27.2 Å². The SMILES string of the molecule is Cc1noc([C@H]2CN(C(=O)c3cccc(C(F)(F)F)c3)CC23CCOCC3)n1. The average molecular weight is 395 g/mol. The number of amides is 1. The minimum absolute atomic E-state index is 0.0272. The molecule has 2 aliphatic heterocycles. The summed E-state index contributed by atoms with van der Waals surface area (Å²) in [6, 6.07) is 4.54. The zero-order chi connectivity index (χ0) is 19.9. The number of likely N-dealkylation sites (tertiary alicyclic amines) is 1. The highest BCUT2D eigenvalue weighted by molar-refractivity contribution is 5.94. The van der Waals surface area contributed by atoms with Crippen LogP contribution >= 0.6 is 0 Å². The summed E-state index contributed by atoms with van der Waals surface area (Å²) in [5.74, 6) is 0.404. The fourth-order valence-electron chi connectivity index (χ4n) is 4.21. The number of aryl methyl sites for hydroxylation is 1. The molecule has 2 saturated heterocycles. The number of ether oxygens (including phenoxy) is 1. The topological polar surface area (TPSA) is 68.5 Å². The van der Waals surface area contributed by atoms with E-state index >= 15 is 0 Å². The van der Waals surface area contributed by atoms with Crippen molar-refractivity contribution in [1.29, 1.82) is 0 Å². The lowest BCUT2D eigenvalue weighted by molar-refractivity contribution is -0.137. The lowest BCUT2D eigenvalue weighted by Gasteiger charge is -2.36. The van der Waals surface area contributed by atoms with Gasteiger partial charge in [0.15, 0.2) is 5.82 Å². The Hall–Kier alpha value is -2.42. The first-order valence-corrected chi connectivity index (χ1v) is 9.13. The van der Waals surface area contributed by atoms with Crippen LogP contribution in [0.4, 0.5) is 13.2 Å². The molecule has 0 radical (unpaired) electrons. The first kappa shape index (κ1) is 18.9. The maximum absolute atomic E-state index is 13.0. The second kappa shape index (κ2) is 6.88. The Labute approximate surface area is 159 Å². The molecule has 3 heterocycles. The molecule has 0 saturated carbocycles. The Balaban J connectivity index is 1.63. The monoisotopic (exact) mass is 395 g/mol. The van der Waals surface area contributed by atoms with Gasteiger partial charge in [-0.05, 0) is 38.0 Å². The van der Waals surface area contributed by atoms with Gasteiger partial charge in [-0.2, -0.15) is 18.2 Å². The quantitative estimate of drug-likeness (QED) is 0.779. The third-order valence-electron chi connectivity index (χ3n) is 5.70. The largest absolute Gasteiger partial charge is 0.416 e. The number of carbonyl (C=O) groups excluding carboxylic acids is 1. The fourth-order valence-corrected chi connectivity index (χ4v) is 4.21. The van der Waals surface area contributed by atoms with Crippen molar-refractivity contribution in [3.8, 4) is 0 Å². The molecule has 2 aliphatic rings. The molecule has 1 aromatic heterocycles. The van der Waals surface area contributed by atoms with Crippen molar-refractivity contribution >= 4 is 5.91 Å². The van der Waals surface area contributed by atoms with Gasteiger partial charge in [0, 0.05) is 37.3 Å². The van der Waals surface area contributed by atoms with Crippen LogP contribution in [0.2, 0.25) is 0 Å². The van der Waals surface area contributed by atoms with Gasteiger partial charge in [0.05, 0.1) is 11.5 Å². The summed E-state index contributed by atoms with van der Waals surface area (Å²) in [6.45, 7) is 3.61. The fraction of sp³-hybridized carbons (Fsp3) is 0.526. The van der Waals surface area contributed by atoms with Gasteiger partial charge in [-0.25, -0.2) is 0 Å². The van der Waals surface area contributed by atoms with Crippen LogP contribution in [0.15, 0.2) is 28.8 Å². The van der Waals surface area contributed by atoms with E-state index in [0.717, 1.165) is 25.0 Å². The molecule has 0 N–H and O–H groups in total. The molecule has 0 aliphatic carbocycles. The zero-order valence-corrected chi connectivity index (χ0v) is 15.3. The Bertz CT molecular complexity index is 875. The number of hydrogen-bond acceptors (Lipinski definition) is 5. The molecule has 0 bridgehead atoms. The highest BCUT2D eigenvalue weighted by Gasteiger charge is 2.51. The molecule has 1 aromatic carbocycles. The van der Waals surface area contributed by atoms with Crippen molar-refractivity contribution in [2.75, 3.05) is 26.3 Å². The lowest BCUT2D eigenvalue weighted by Crippen LogP contribution is -2.37. The van der Waals surface area contributed by atoms with Gasteiger partial charge in [-0.1, -0.05) is 11.2 Å². The lowest BCUT2D eigenvalue weighted by atomic mass is 9.72. The van der Waals surface area contributed by atoms with Crippen molar-refractivity contribution in [3.63, 3.8) is 0 Å². The molecule has 2 aromatic rings. The van der Waals surface area contributed by atoms with E-state index in [1.54, 1.807) is 11.8 Å². The molecular formula is C19H20F3N3O3. The molecule has 6 nitrogen and oxygen atoms in total. The summed E-state index contributed by atoms with van der Waals surface area (Å²) in [4.78, 5) is 18.9. The van der Waals surface area contributed by atoms with E-state index in [4.69, 9.17) is 9.26 Å². The number of benzene rings is 1. The molecule has 1 spiro atoms. The molecule has 28 heavy (non-hydrogen) atoms. The Morgan fingerprint density at radius 1 is 1.29 bits per heavy atom. The minimum atomic E-state index is -4.49. The first-order chi connectivity index (χ1) is 13.3. The molecule has 2 fully saturated rings. The van der Waals surface area contributed by atoms with Crippen LogP contribution in [-0.2, 0) is 10.9 Å². The summed E-state index contributed by atoms with van der Waals surface area (Å²) in [5.41, 5.74) is -1.07. The molecule has 150 valence electrons. The minimum Gasteiger partial charge on any atom is -0.381 e. The summed E-state index contributed by atoms with van der Waals surface area (Å²) < 4.78 is 49.9. The molecule has 1 amide bonds. The Morgan fingerprint density at radius 2 is 2.04 bits per heavy atom. The average Bonchev–Trinajstić information content (AvgIpc) is 3.25. The molecular weight excluding hydrogens is 375 g/mol. The van der Waals surface area contributed by atoms with Gasteiger partial charge in [-0.15, -0.1) is 0 Å². The van der Waals surface area contributed by atoms with E-state index in [1.807, 2.05) is 0 Å². The van der Waals surface area contributed by atoms with Crippen LogP contribution in [0.5, 0.6) is 0 Å². The highest BCUT2D eigenvalue weighted by atomic mass is 19.4. The Kier molecular flexibility index (Phi) is 4.65. The summed E-state index contributed by atoms with van der Waals surface area (Å²) in [7, 11) is 0. The number of nitrogens with zero attached hydrogens (tertiary/aromatic N) is 3. The summed E-state index contributed by atoms with van der Waals surface area (Å²) >= 11 is 0. The van der Waals surface area contributed by atoms with E-state index in [9.17, 15) is 18.0 Å².